The van der Waals surface area contributed by atoms with Gasteiger partial charge in [0.25, 0.3) is 0 Å². The number of nitrogens with zero attached hydrogens (tertiary/aromatic N) is 1. The second-order valence-corrected chi connectivity index (χ2v) is 2.27. The average molecular weight is 121 g/mol. The minimum Gasteiger partial charge on any atom is -0.354 e. The summed E-state index contributed by atoms with van der Waals surface area (Å²) in [4.78, 5) is 0. The summed E-state index contributed by atoms with van der Waals surface area (Å²) in [5.74, 6) is 0. The molecule has 1 heterocycles. The lowest BCUT2D eigenvalue weighted by molar-refractivity contribution is 0.683. The summed E-state index contributed by atoms with van der Waals surface area (Å²) in [5.41, 5.74) is 0. The quantitative estimate of drug-likeness (QED) is 0.524. The van der Waals surface area contributed by atoms with Crippen molar-refractivity contribution in [2.24, 2.45) is 0 Å². The highest BCUT2D eigenvalue weighted by atomic mass is 14.9. The van der Waals surface area contributed by atoms with E-state index < -0.39 is 0 Å². The van der Waals surface area contributed by atoms with Gasteiger partial charge >= 0.3 is 0 Å². The Morgan fingerprint density at radius 2 is 1.89 bits per heavy atom. The van der Waals surface area contributed by atoms with Crippen LogP contribution in [0.4, 0.5) is 0 Å². The fourth-order valence-electron chi connectivity index (χ4n) is 0.860. The summed E-state index contributed by atoms with van der Waals surface area (Å²) >= 11 is 0. The molecule has 2 heteroatoms. The first-order valence-electron chi connectivity index (χ1n) is 3.54. The highest BCUT2D eigenvalue weighted by Crippen LogP contribution is 1.94. The van der Waals surface area contributed by atoms with E-state index in [-0.39, 0.29) is 0 Å². The average Bonchev–Trinajstić information content (AvgIpc) is 2.34. The van der Waals surface area contributed by atoms with Crippen LogP contribution >= 0.6 is 0 Å². The number of aromatic nitrogens is 1. The van der Waals surface area contributed by atoms with Crippen molar-refractivity contribution in [3.63, 3.8) is 0 Å². The maximum atomic E-state index is 2.21. The first-order valence-corrected chi connectivity index (χ1v) is 3.54. The minimum absolute atomic E-state index is 1.17. The van der Waals surface area contributed by atoms with E-state index in [0.29, 0.717) is 0 Å². The van der Waals surface area contributed by atoms with Gasteiger partial charge in [0.15, 0.2) is 0 Å². The minimum atomic E-state index is 1.17. The van der Waals surface area contributed by atoms with Crippen molar-refractivity contribution in [2.75, 3.05) is 0 Å². The summed E-state index contributed by atoms with van der Waals surface area (Å²) in [6, 6.07) is 4.13. The molecule has 9 heavy (non-hydrogen) atoms. The SMILES string of the molecule is BCCCn1cccc1. The van der Waals surface area contributed by atoms with Crippen molar-refractivity contribution in [2.45, 2.75) is 19.3 Å². The van der Waals surface area contributed by atoms with Crippen LogP contribution < -0.4 is 0 Å². The Kier molecular flexibility index (Phi) is 2.43. The molecular formula is C7H12BN. The monoisotopic (exact) mass is 121 g/mol. The van der Waals surface area contributed by atoms with Gasteiger partial charge in [0.2, 0.25) is 0 Å². The Morgan fingerprint density at radius 1 is 1.22 bits per heavy atom. The van der Waals surface area contributed by atoms with E-state index >= 15 is 0 Å². The van der Waals surface area contributed by atoms with Gasteiger partial charge in [-0.1, -0.05) is 6.32 Å². The highest BCUT2D eigenvalue weighted by Gasteiger charge is 1.84. The Morgan fingerprint density at radius 3 is 2.44 bits per heavy atom. The van der Waals surface area contributed by atoms with Crippen molar-refractivity contribution in [1.29, 1.82) is 0 Å². The van der Waals surface area contributed by atoms with Crippen molar-refractivity contribution in [3.05, 3.63) is 24.5 Å². The first kappa shape index (κ1) is 6.46. The maximum absolute atomic E-state index is 2.21. The zero-order valence-electron chi connectivity index (χ0n) is 5.88. The molecule has 0 aliphatic rings. The second-order valence-electron chi connectivity index (χ2n) is 2.27. The second kappa shape index (κ2) is 3.39. The smallest absolute Gasteiger partial charge is 0.101 e. The third-order valence-corrected chi connectivity index (χ3v) is 1.44. The van der Waals surface area contributed by atoms with Crippen LogP contribution in [0.25, 0.3) is 0 Å². The van der Waals surface area contributed by atoms with Crippen LogP contribution in [0, 0.1) is 0 Å². The molecule has 0 N–H and O–H groups in total. The lowest BCUT2D eigenvalue weighted by Crippen LogP contribution is -1.92. The molecule has 0 aromatic carbocycles. The van der Waals surface area contributed by atoms with E-state index in [1.165, 1.54) is 19.3 Å². The molecule has 1 nitrogen and oxygen atoms in total. The molecule has 48 valence electrons. The Hall–Kier alpha value is -0.655. The van der Waals surface area contributed by atoms with Crippen LogP contribution in [0.1, 0.15) is 6.42 Å². The predicted molar refractivity (Wildman–Crippen MR) is 42.4 cm³/mol. The molecule has 0 saturated carbocycles. The van der Waals surface area contributed by atoms with Crippen LogP contribution in [0.3, 0.4) is 0 Å². The van der Waals surface area contributed by atoms with Crippen LogP contribution in [-0.2, 0) is 6.54 Å². The molecule has 0 amide bonds. The molecule has 0 bridgehead atoms. The van der Waals surface area contributed by atoms with E-state index in [0.717, 1.165) is 0 Å². The number of hydrogen-bond donors (Lipinski definition) is 0. The van der Waals surface area contributed by atoms with Gasteiger partial charge in [-0.3, -0.25) is 0 Å². The van der Waals surface area contributed by atoms with Gasteiger partial charge in [-0.2, -0.15) is 0 Å². The Balaban J connectivity index is 2.30. The molecule has 1 aromatic rings. The summed E-state index contributed by atoms with van der Waals surface area (Å²) in [6.07, 6.45) is 6.78. The molecule has 1 rings (SSSR count). The van der Waals surface area contributed by atoms with Gasteiger partial charge in [0.05, 0.1) is 0 Å². The fraction of sp³-hybridized carbons (Fsp3) is 0.429. The maximum Gasteiger partial charge on any atom is 0.101 e. The lowest BCUT2D eigenvalue weighted by atomic mass is 10.0. The van der Waals surface area contributed by atoms with Crippen molar-refractivity contribution < 1.29 is 0 Å². The molecule has 1 aromatic heterocycles. The van der Waals surface area contributed by atoms with E-state index in [1.54, 1.807) is 0 Å². The van der Waals surface area contributed by atoms with Crippen LogP contribution in [-0.4, -0.2) is 12.4 Å². The third kappa shape index (κ3) is 1.96. The fourth-order valence-corrected chi connectivity index (χ4v) is 0.860. The summed E-state index contributed by atoms with van der Waals surface area (Å²) < 4.78 is 2.21. The topological polar surface area (TPSA) is 4.93 Å². The standard InChI is InChI=1S/C7H12BN/c8-4-3-7-9-5-1-2-6-9/h1-2,5-6H,3-4,7-8H2. The van der Waals surface area contributed by atoms with Crippen LogP contribution in [0.5, 0.6) is 0 Å². The van der Waals surface area contributed by atoms with Crippen molar-refractivity contribution >= 4 is 7.85 Å². The molecule has 0 saturated heterocycles. The molecule has 0 spiro atoms. The number of hydrogen-bond acceptors (Lipinski definition) is 0. The molecular weight excluding hydrogens is 109 g/mol. The molecule has 0 unspecified atom stereocenters. The number of rotatable bonds is 3. The zero-order valence-corrected chi connectivity index (χ0v) is 5.88. The van der Waals surface area contributed by atoms with Crippen molar-refractivity contribution in [1.82, 2.24) is 4.57 Å². The Bertz CT molecular complexity index is 146. The van der Waals surface area contributed by atoms with E-state index in [9.17, 15) is 0 Å². The number of aryl methyl sites for hydroxylation is 1. The van der Waals surface area contributed by atoms with Gasteiger partial charge in [0, 0.05) is 18.9 Å². The zero-order chi connectivity index (χ0) is 6.53. The summed E-state index contributed by atoms with van der Waals surface area (Å²) in [5, 5.41) is 0. The van der Waals surface area contributed by atoms with E-state index in [2.05, 4.69) is 36.9 Å². The van der Waals surface area contributed by atoms with E-state index in [1.807, 2.05) is 0 Å². The molecule has 0 radical (unpaired) electrons. The largest absolute Gasteiger partial charge is 0.354 e. The molecule has 0 aliphatic heterocycles. The first-order chi connectivity index (χ1) is 4.43. The highest BCUT2D eigenvalue weighted by molar-refractivity contribution is 6.08. The van der Waals surface area contributed by atoms with Crippen LogP contribution in [0.2, 0.25) is 6.32 Å². The van der Waals surface area contributed by atoms with Gasteiger partial charge in [-0.05, 0) is 18.6 Å². The molecule has 0 atom stereocenters. The Labute approximate surface area is 57.1 Å². The predicted octanol–water partition coefficient (Wildman–Crippen LogP) is 0.930. The third-order valence-electron chi connectivity index (χ3n) is 1.44. The summed E-state index contributed by atoms with van der Waals surface area (Å²) in [6.45, 7) is 1.17. The molecule has 0 aliphatic carbocycles. The van der Waals surface area contributed by atoms with Gasteiger partial charge in [0.1, 0.15) is 7.85 Å². The lowest BCUT2D eigenvalue weighted by Gasteiger charge is -1.97. The van der Waals surface area contributed by atoms with Gasteiger partial charge < -0.3 is 4.57 Å². The van der Waals surface area contributed by atoms with Crippen LogP contribution in [0.15, 0.2) is 24.5 Å². The molecule has 0 fully saturated rings. The van der Waals surface area contributed by atoms with Gasteiger partial charge in [-0.15, -0.1) is 0 Å². The van der Waals surface area contributed by atoms with Crippen molar-refractivity contribution in [3.8, 4) is 0 Å². The van der Waals surface area contributed by atoms with Gasteiger partial charge in [-0.25, -0.2) is 0 Å². The summed E-state index contributed by atoms with van der Waals surface area (Å²) in [7, 11) is 2.21. The normalized spacial score (nSPS) is 9.78. The van der Waals surface area contributed by atoms with E-state index in [4.69, 9.17) is 0 Å².